The number of piperidine rings is 1. The molecule has 2 saturated carbocycles. The van der Waals surface area contributed by atoms with E-state index in [-0.39, 0.29) is 12.4 Å². The summed E-state index contributed by atoms with van der Waals surface area (Å²) in [5, 5.41) is 6.76. The number of fused-ring (bicyclic) bond motifs is 2. The average molecular weight is 315 g/mol. The molecule has 1 saturated heterocycles. The van der Waals surface area contributed by atoms with Gasteiger partial charge in [0.2, 0.25) is 5.91 Å². The van der Waals surface area contributed by atoms with Crippen LogP contribution in [0.5, 0.6) is 0 Å². The maximum atomic E-state index is 12.4. The molecule has 0 spiro atoms. The van der Waals surface area contributed by atoms with E-state index in [0.29, 0.717) is 28.7 Å². The molecular weight excluding hydrogens is 284 g/mol. The normalized spacial score (nSPS) is 38.0. The first kappa shape index (κ1) is 17.1. The predicted molar refractivity (Wildman–Crippen MR) is 88.6 cm³/mol. The van der Waals surface area contributed by atoms with Crippen LogP contribution in [0.4, 0.5) is 0 Å². The molecule has 122 valence electrons. The molecule has 3 fully saturated rings. The zero-order valence-corrected chi connectivity index (χ0v) is 14.5. The van der Waals surface area contributed by atoms with Gasteiger partial charge in [0.25, 0.3) is 0 Å². The highest BCUT2D eigenvalue weighted by molar-refractivity contribution is 5.85. The van der Waals surface area contributed by atoms with E-state index >= 15 is 0 Å². The summed E-state index contributed by atoms with van der Waals surface area (Å²) in [5.41, 5.74) is 0.696. The van der Waals surface area contributed by atoms with Crippen LogP contribution in [-0.4, -0.2) is 25.0 Å². The Hall–Kier alpha value is -0.280. The Kier molecular flexibility index (Phi) is 4.94. The molecule has 4 heteroatoms. The molecule has 1 amide bonds. The van der Waals surface area contributed by atoms with E-state index in [0.717, 1.165) is 38.3 Å². The van der Waals surface area contributed by atoms with Crippen molar-refractivity contribution in [1.29, 1.82) is 0 Å². The van der Waals surface area contributed by atoms with Gasteiger partial charge in [0.05, 0.1) is 0 Å². The number of amides is 1. The third-order valence-electron chi connectivity index (χ3n) is 7.06. The molecule has 3 atom stereocenters. The van der Waals surface area contributed by atoms with Crippen LogP contribution in [0.1, 0.15) is 59.3 Å². The van der Waals surface area contributed by atoms with Crippen LogP contribution in [0.2, 0.25) is 0 Å². The Morgan fingerprint density at radius 1 is 1.19 bits per heavy atom. The van der Waals surface area contributed by atoms with Gasteiger partial charge >= 0.3 is 0 Å². The number of carbonyl (C=O) groups excluding carboxylic acids is 1. The maximum absolute atomic E-state index is 12.4. The smallest absolute Gasteiger partial charge is 0.220 e. The summed E-state index contributed by atoms with van der Waals surface area (Å²) in [7, 11) is 0. The van der Waals surface area contributed by atoms with Gasteiger partial charge in [-0.1, -0.05) is 20.8 Å². The van der Waals surface area contributed by atoms with Gasteiger partial charge in [0, 0.05) is 12.5 Å². The summed E-state index contributed by atoms with van der Waals surface area (Å²) in [6.07, 6.45) is 6.88. The average Bonchev–Trinajstić information content (AvgIpc) is 2.73. The Bertz CT molecular complexity index is 392. The predicted octanol–water partition coefficient (Wildman–Crippen LogP) is 3.13. The summed E-state index contributed by atoms with van der Waals surface area (Å²) in [4.78, 5) is 12.4. The van der Waals surface area contributed by atoms with E-state index in [1.807, 2.05) is 0 Å². The Morgan fingerprint density at radius 2 is 1.86 bits per heavy atom. The van der Waals surface area contributed by atoms with Gasteiger partial charge in [0.1, 0.15) is 0 Å². The van der Waals surface area contributed by atoms with Gasteiger partial charge in [-0.3, -0.25) is 4.79 Å². The lowest BCUT2D eigenvalue weighted by Crippen LogP contribution is -2.47. The zero-order valence-electron chi connectivity index (χ0n) is 13.7. The van der Waals surface area contributed by atoms with Crippen molar-refractivity contribution < 1.29 is 4.79 Å². The molecule has 3 aliphatic rings. The molecule has 2 bridgehead atoms. The van der Waals surface area contributed by atoms with Crippen molar-refractivity contribution in [1.82, 2.24) is 10.6 Å². The molecule has 3 nitrogen and oxygen atoms in total. The van der Waals surface area contributed by atoms with Crippen LogP contribution in [0.3, 0.4) is 0 Å². The van der Waals surface area contributed by atoms with Crippen molar-refractivity contribution in [3.63, 3.8) is 0 Å². The third kappa shape index (κ3) is 2.84. The summed E-state index contributed by atoms with van der Waals surface area (Å²) < 4.78 is 0. The lowest BCUT2D eigenvalue weighted by Gasteiger charge is -2.39. The van der Waals surface area contributed by atoms with Crippen LogP contribution in [0.15, 0.2) is 0 Å². The van der Waals surface area contributed by atoms with Gasteiger partial charge < -0.3 is 10.6 Å². The number of halogens is 1. The van der Waals surface area contributed by atoms with Crippen LogP contribution < -0.4 is 10.6 Å². The lowest BCUT2D eigenvalue weighted by atomic mass is 9.69. The van der Waals surface area contributed by atoms with E-state index in [2.05, 4.69) is 31.4 Å². The van der Waals surface area contributed by atoms with E-state index in [1.165, 1.54) is 19.3 Å². The first-order valence-electron chi connectivity index (χ1n) is 8.43. The van der Waals surface area contributed by atoms with Crippen LogP contribution in [0, 0.1) is 22.7 Å². The number of carbonyl (C=O) groups is 1. The van der Waals surface area contributed by atoms with E-state index in [9.17, 15) is 4.79 Å². The van der Waals surface area contributed by atoms with Crippen LogP contribution in [0.25, 0.3) is 0 Å². The maximum Gasteiger partial charge on any atom is 0.220 e. The van der Waals surface area contributed by atoms with E-state index in [1.54, 1.807) is 0 Å². The molecule has 0 aromatic carbocycles. The van der Waals surface area contributed by atoms with Crippen molar-refractivity contribution >= 4 is 18.3 Å². The molecule has 3 rings (SSSR count). The lowest BCUT2D eigenvalue weighted by molar-refractivity contribution is -0.124. The number of hydrogen-bond acceptors (Lipinski definition) is 2. The number of nitrogens with one attached hydrogen (secondary N) is 2. The molecule has 1 aliphatic heterocycles. The largest absolute Gasteiger partial charge is 0.353 e. The first-order chi connectivity index (χ1) is 9.43. The van der Waals surface area contributed by atoms with Gasteiger partial charge in [-0.15, -0.1) is 12.4 Å². The fourth-order valence-electron chi connectivity index (χ4n) is 5.02. The minimum Gasteiger partial charge on any atom is -0.353 e. The summed E-state index contributed by atoms with van der Waals surface area (Å²) in [6, 6.07) is 0.408. The summed E-state index contributed by atoms with van der Waals surface area (Å²) in [6.45, 7) is 9.37. The monoisotopic (exact) mass is 314 g/mol. The highest BCUT2D eigenvalue weighted by Crippen LogP contribution is 2.65. The summed E-state index contributed by atoms with van der Waals surface area (Å²) in [5.74, 6) is 1.69. The Labute approximate surface area is 135 Å². The van der Waals surface area contributed by atoms with E-state index in [4.69, 9.17) is 0 Å². The van der Waals surface area contributed by atoms with Crippen molar-refractivity contribution in [2.24, 2.45) is 22.7 Å². The molecule has 1 heterocycles. The molecule has 3 unspecified atom stereocenters. The first-order valence-corrected chi connectivity index (χ1v) is 8.43. The van der Waals surface area contributed by atoms with E-state index < -0.39 is 0 Å². The quantitative estimate of drug-likeness (QED) is 0.840. The number of hydrogen-bond donors (Lipinski definition) is 2. The molecule has 21 heavy (non-hydrogen) atoms. The fraction of sp³-hybridized carbons (Fsp3) is 0.941. The van der Waals surface area contributed by atoms with Crippen molar-refractivity contribution in [3.05, 3.63) is 0 Å². The second-order valence-electron chi connectivity index (χ2n) is 8.13. The topological polar surface area (TPSA) is 41.1 Å². The SMILES string of the molecule is CC1(C)C2CCC1(C)C(NC(=O)CC1CCNCC1)C2.Cl. The highest BCUT2D eigenvalue weighted by atomic mass is 35.5. The van der Waals surface area contributed by atoms with Crippen molar-refractivity contribution in [2.45, 2.75) is 65.3 Å². The highest BCUT2D eigenvalue weighted by Gasteiger charge is 2.61. The third-order valence-corrected chi connectivity index (χ3v) is 7.06. The molecule has 0 radical (unpaired) electrons. The molecule has 2 aliphatic carbocycles. The molecular formula is C17H31ClN2O. The molecule has 0 aromatic rings. The minimum absolute atomic E-state index is 0. The molecule has 0 aromatic heterocycles. The van der Waals surface area contributed by atoms with Crippen molar-refractivity contribution in [2.75, 3.05) is 13.1 Å². The van der Waals surface area contributed by atoms with Crippen molar-refractivity contribution in [3.8, 4) is 0 Å². The second-order valence-corrected chi connectivity index (χ2v) is 8.13. The van der Waals surface area contributed by atoms with Crippen LogP contribution in [-0.2, 0) is 4.79 Å². The van der Waals surface area contributed by atoms with Gasteiger partial charge in [-0.2, -0.15) is 0 Å². The standard InChI is InChI=1S/C17H30N2O.ClH/c1-16(2)13-4-7-17(16,3)14(11-13)19-15(20)10-12-5-8-18-9-6-12;/h12-14,18H,4-11H2,1-3H3,(H,19,20);1H. The number of rotatable bonds is 3. The minimum atomic E-state index is 0. The van der Waals surface area contributed by atoms with Crippen LogP contribution >= 0.6 is 12.4 Å². The fourth-order valence-corrected chi connectivity index (χ4v) is 5.02. The van der Waals surface area contributed by atoms with Gasteiger partial charge in [-0.25, -0.2) is 0 Å². The molecule has 2 N–H and O–H groups in total. The second kappa shape index (κ2) is 6.08. The summed E-state index contributed by atoms with van der Waals surface area (Å²) >= 11 is 0. The Balaban J connectivity index is 0.00000161. The van der Waals surface area contributed by atoms with Gasteiger partial charge in [-0.05, 0) is 67.9 Å². The zero-order chi connectivity index (χ0) is 14.4. The Morgan fingerprint density at radius 3 is 2.38 bits per heavy atom. The van der Waals surface area contributed by atoms with Gasteiger partial charge in [0.15, 0.2) is 0 Å².